The van der Waals surface area contributed by atoms with Gasteiger partial charge >= 0.3 is 108 Å². The summed E-state index contributed by atoms with van der Waals surface area (Å²) in [6.45, 7) is 11.0. The zero-order valence-electron chi connectivity index (χ0n) is 11.2. The van der Waals surface area contributed by atoms with Gasteiger partial charge in [-0.15, -0.1) is 12.4 Å². The Morgan fingerprint density at radius 1 is 1.00 bits per heavy atom. The van der Waals surface area contributed by atoms with Gasteiger partial charge in [-0.2, -0.15) is 0 Å². The van der Waals surface area contributed by atoms with E-state index in [1.165, 1.54) is 11.1 Å². The molecule has 0 bridgehead atoms. The normalized spacial score (nSPS) is 17.2. The second-order valence-electron chi connectivity index (χ2n) is 4.59. The van der Waals surface area contributed by atoms with Gasteiger partial charge in [0.2, 0.25) is 0 Å². The molecule has 0 aromatic heterocycles. The summed E-state index contributed by atoms with van der Waals surface area (Å²) in [7, 11) is 0. The van der Waals surface area contributed by atoms with Gasteiger partial charge in [0.1, 0.15) is 0 Å². The molecule has 0 N–H and O–H groups in total. The van der Waals surface area contributed by atoms with E-state index in [4.69, 9.17) is 6.64 Å². The molecule has 0 aliphatic heterocycles. The van der Waals surface area contributed by atoms with E-state index in [9.17, 15) is 9.59 Å². The van der Waals surface area contributed by atoms with E-state index in [0.29, 0.717) is 12.9 Å². The van der Waals surface area contributed by atoms with Crippen molar-refractivity contribution in [1.82, 2.24) is 0 Å². The van der Waals surface area contributed by atoms with Crippen LogP contribution < -0.4 is 0 Å². The third-order valence-corrected chi connectivity index (χ3v) is 6.75. The zero-order valence-corrected chi connectivity index (χ0v) is 13.6. The molecule has 18 heavy (non-hydrogen) atoms. The van der Waals surface area contributed by atoms with Crippen molar-refractivity contribution < 1.29 is 34.9 Å². The van der Waals surface area contributed by atoms with Crippen LogP contribution in [0.25, 0.3) is 0 Å². The number of halogens is 1. The molecule has 1 aliphatic rings. The first kappa shape index (κ1) is 17.4. The number of allylic oxidation sites excluding steroid dienone is 4. The third kappa shape index (κ3) is 2.87. The molecule has 0 atom stereocenters. The van der Waals surface area contributed by atoms with Crippen LogP contribution in [0.2, 0.25) is 0 Å². The molecule has 0 heterocycles. The van der Waals surface area contributed by atoms with E-state index in [1.54, 1.807) is 0 Å². The van der Waals surface area contributed by atoms with E-state index in [-0.39, 0.29) is 17.8 Å². The Morgan fingerprint density at radius 3 is 1.72 bits per heavy atom. The maximum Gasteiger partial charge on any atom is -0.147 e. The van der Waals surface area contributed by atoms with E-state index < -0.39 is 18.6 Å². The van der Waals surface area contributed by atoms with Gasteiger partial charge in [-0.3, -0.25) is 0 Å². The van der Waals surface area contributed by atoms with Gasteiger partial charge in [-0.1, -0.05) is 0 Å². The fraction of sp³-hybridized carbons (Fsp3) is 0.500. The molecule has 0 fully saturated rings. The van der Waals surface area contributed by atoms with Gasteiger partial charge in [-0.05, 0) is 0 Å². The summed E-state index contributed by atoms with van der Waals surface area (Å²) < 4.78 is 11.0. The number of hydrogen-bond acceptors (Lipinski definition) is 4. The third-order valence-electron chi connectivity index (χ3n) is 3.58. The van der Waals surface area contributed by atoms with Crippen LogP contribution in [0, 0.1) is 5.41 Å². The summed E-state index contributed by atoms with van der Waals surface area (Å²) in [5, 5.41) is 0. The molecule has 0 radical (unpaired) electrons. The van der Waals surface area contributed by atoms with E-state index in [2.05, 4.69) is 20.8 Å². The quantitative estimate of drug-likeness (QED) is 0.579. The molecule has 1 aliphatic carbocycles. The largest absolute Gasteiger partial charge is 0.147 e. The van der Waals surface area contributed by atoms with E-state index in [1.807, 2.05) is 13.8 Å². The summed E-state index contributed by atoms with van der Waals surface area (Å²) in [5.41, 5.74) is 3.32. The molecular formula is C12H18ClO4Ti. The van der Waals surface area contributed by atoms with E-state index >= 15 is 0 Å². The SMILES string of the molecule is CC1=C(C)C(C)(C)[C]([Ti]([O]C=O)[O]C=O)=C1C.Cl. The molecular weight excluding hydrogens is 291 g/mol. The molecule has 0 aromatic carbocycles. The Morgan fingerprint density at radius 2 is 1.44 bits per heavy atom. The van der Waals surface area contributed by atoms with Crippen LogP contribution in [-0.4, -0.2) is 12.9 Å². The summed E-state index contributed by atoms with van der Waals surface area (Å²) >= 11 is -2.75. The first-order valence-corrected chi connectivity index (χ1v) is 7.41. The second-order valence-corrected chi connectivity index (χ2v) is 7.01. The van der Waals surface area contributed by atoms with Crippen molar-refractivity contribution in [2.75, 3.05) is 0 Å². The van der Waals surface area contributed by atoms with E-state index in [0.717, 1.165) is 9.45 Å². The topological polar surface area (TPSA) is 52.6 Å². The molecule has 4 nitrogen and oxygen atoms in total. The fourth-order valence-electron chi connectivity index (χ4n) is 2.24. The number of carbonyl (C=O) groups is 2. The van der Waals surface area contributed by atoms with Gasteiger partial charge in [0.25, 0.3) is 0 Å². The molecule has 1 rings (SSSR count). The van der Waals surface area contributed by atoms with Crippen molar-refractivity contribution in [3.8, 4) is 0 Å². The summed E-state index contributed by atoms with van der Waals surface area (Å²) in [4.78, 5) is 21.0. The maximum absolute atomic E-state index is 10.5. The van der Waals surface area contributed by atoms with Crippen molar-refractivity contribution >= 4 is 25.4 Å². The van der Waals surface area contributed by atoms with Crippen LogP contribution in [0.3, 0.4) is 0 Å². The predicted octanol–water partition coefficient (Wildman–Crippen LogP) is 2.85. The molecule has 0 saturated carbocycles. The van der Waals surface area contributed by atoms with Crippen molar-refractivity contribution in [2.45, 2.75) is 34.6 Å². The van der Waals surface area contributed by atoms with Crippen molar-refractivity contribution in [2.24, 2.45) is 5.41 Å². The smallest absolute Gasteiger partial charge is 0.147 e. The van der Waals surface area contributed by atoms with Crippen molar-refractivity contribution in [3.63, 3.8) is 0 Å². The Hall–Kier alpha value is -0.576. The minimum Gasteiger partial charge on any atom is -0.147 e. The van der Waals surface area contributed by atoms with Gasteiger partial charge in [0.05, 0.1) is 0 Å². The van der Waals surface area contributed by atoms with Gasteiger partial charge in [0.15, 0.2) is 0 Å². The molecule has 0 saturated heterocycles. The van der Waals surface area contributed by atoms with Crippen LogP contribution >= 0.6 is 12.4 Å². The average Bonchev–Trinajstić information content (AvgIpc) is 2.40. The van der Waals surface area contributed by atoms with Crippen molar-refractivity contribution in [3.05, 3.63) is 20.6 Å². The fourth-order valence-corrected chi connectivity index (χ4v) is 4.82. The van der Waals surface area contributed by atoms with Crippen LogP contribution in [-0.2, 0) is 34.9 Å². The number of hydrogen-bond donors (Lipinski definition) is 0. The van der Waals surface area contributed by atoms with Crippen molar-refractivity contribution in [1.29, 1.82) is 0 Å². The minimum absolute atomic E-state index is 0. The molecule has 0 spiro atoms. The standard InChI is InChI=1S/C10H15.2CH2O2.ClH.Ti/c1-7-6-10(4,5)9(3)8(7)2;2*2-1-3;;/h1-5H3;2*1H,(H,2,3);1H;/q;;;;+2/p-2. The first-order valence-electron chi connectivity index (χ1n) is 5.35. The molecule has 0 amide bonds. The molecule has 0 aromatic rings. The Labute approximate surface area is 121 Å². The Kier molecular flexibility index (Phi) is 6.34. The van der Waals surface area contributed by atoms with Gasteiger partial charge in [0, 0.05) is 0 Å². The summed E-state index contributed by atoms with van der Waals surface area (Å²) in [5.74, 6) is 0. The first-order chi connectivity index (χ1) is 7.87. The second kappa shape index (κ2) is 6.55. The van der Waals surface area contributed by atoms with Crippen LogP contribution in [0.5, 0.6) is 0 Å². The van der Waals surface area contributed by atoms with Gasteiger partial charge < -0.3 is 0 Å². The van der Waals surface area contributed by atoms with Gasteiger partial charge in [-0.25, -0.2) is 0 Å². The molecule has 0 unspecified atom stereocenters. The molecule has 6 heteroatoms. The average molecular weight is 310 g/mol. The Balaban J connectivity index is 0.00000289. The summed E-state index contributed by atoms with van der Waals surface area (Å²) in [6, 6.07) is 0. The number of carbonyl (C=O) groups excluding carboxylic acids is 2. The minimum atomic E-state index is -2.75. The maximum atomic E-state index is 10.5. The number of rotatable bonds is 5. The molecule has 101 valence electrons. The summed E-state index contributed by atoms with van der Waals surface area (Å²) in [6.07, 6.45) is 0. The van der Waals surface area contributed by atoms with Crippen LogP contribution in [0.4, 0.5) is 0 Å². The van der Waals surface area contributed by atoms with Crippen LogP contribution in [0.15, 0.2) is 20.6 Å². The zero-order chi connectivity index (χ0) is 13.2. The van der Waals surface area contributed by atoms with Crippen LogP contribution in [0.1, 0.15) is 34.6 Å². The monoisotopic (exact) mass is 309 g/mol. The Bertz CT molecular complexity index is 402. The predicted molar refractivity (Wildman–Crippen MR) is 66.4 cm³/mol.